The van der Waals surface area contributed by atoms with Crippen molar-refractivity contribution in [1.29, 1.82) is 5.26 Å². The lowest BCUT2D eigenvalue weighted by molar-refractivity contribution is -0.164. The van der Waals surface area contributed by atoms with Gasteiger partial charge in [-0.05, 0) is 43.0 Å². The Bertz CT molecular complexity index is 1000. The summed E-state index contributed by atoms with van der Waals surface area (Å²) in [6.07, 6.45) is 3.10. The van der Waals surface area contributed by atoms with Gasteiger partial charge in [0.1, 0.15) is 17.5 Å². The molecule has 0 aliphatic heterocycles. The van der Waals surface area contributed by atoms with E-state index in [1.807, 2.05) is 39.8 Å². The van der Waals surface area contributed by atoms with E-state index in [1.54, 1.807) is 12.4 Å². The van der Waals surface area contributed by atoms with Gasteiger partial charge in [-0.1, -0.05) is 41.5 Å². The quantitative estimate of drug-likeness (QED) is 0.737. The molecule has 1 aliphatic rings. The van der Waals surface area contributed by atoms with Crippen LogP contribution in [0.4, 0.5) is 0 Å². The molecule has 1 heterocycles. The molecule has 0 unspecified atom stereocenters. The number of carbonyl (C=O) groups excluding carboxylic acids is 1. The molecule has 0 saturated heterocycles. The molecule has 1 aromatic heterocycles. The summed E-state index contributed by atoms with van der Waals surface area (Å²) in [4.78, 5) is 21.5. The number of aryl methyl sites for hydroxylation is 2. The predicted molar refractivity (Wildman–Crippen MR) is 122 cm³/mol. The predicted octanol–water partition coefficient (Wildman–Crippen LogP) is 4.95. The molecular weight excluding hydrogens is 388 g/mol. The highest BCUT2D eigenvalue weighted by Crippen LogP contribution is 2.55. The van der Waals surface area contributed by atoms with E-state index in [0.29, 0.717) is 11.3 Å². The van der Waals surface area contributed by atoms with E-state index in [-0.39, 0.29) is 36.2 Å². The van der Waals surface area contributed by atoms with E-state index in [0.717, 1.165) is 22.6 Å². The Morgan fingerprint density at radius 2 is 1.71 bits per heavy atom. The number of carbonyl (C=O) groups is 1. The zero-order chi connectivity index (χ0) is 23.1. The van der Waals surface area contributed by atoms with Crippen molar-refractivity contribution in [3.05, 3.63) is 52.6 Å². The van der Waals surface area contributed by atoms with Crippen LogP contribution in [0.2, 0.25) is 0 Å². The minimum Gasteiger partial charge on any atom is -0.489 e. The molecule has 0 radical (unpaired) electrons. The van der Waals surface area contributed by atoms with Crippen LogP contribution in [0.5, 0.6) is 5.75 Å². The van der Waals surface area contributed by atoms with E-state index >= 15 is 0 Å². The van der Waals surface area contributed by atoms with Crippen molar-refractivity contribution >= 4 is 5.91 Å². The van der Waals surface area contributed by atoms with Crippen LogP contribution in [0.25, 0.3) is 0 Å². The van der Waals surface area contributed by atoms with Gasteiger partial charge >= 0.3 is 0 Å². The summed E-state index contributed by atoms with van der Waals surface area (Å²) in [5, 5.41) is 12.5. The molecule has 166 valence electrons. The Balaban J connectivity index is 0.00000363. The van der Waals surface area contributed by atoms with Crippen molar-refractivity contribution in [2.24, 2.45) is 10.8 Å². The largest absolute Gasteiger partial charge is 0.489 e. The van der Waals surface area contributed by atoms with E-state index in [1.165, 1.54) is 0 Å². The van der Waals surface area contributed by atoms with Gasteiger partial charge in [0, 0.05) is 24.5 Å². The topological polar surface area (TPSA) is 87.9 Å². The Kier molecular flexibility index (Phi) is 5.84. The van der Waals surface area contributed by atoms with Crippen molar-refractivity contribution in [2.75, 3.05) is 0 Å². The van der Waals surface area contributed by atoms with E-state index in [4.69, 9.17) is 4.74 Å². The highest BCUT2D eigenvalue weighted by atomic mass is 16.5. The number of nitrogens with one attached hydrogen (secondary N) is 1. The Labute approximate surface area is 186 Å². The van der Waals surface area contributed by atoms with Crippen LogP contribution in [-0.4, -0.2) is 28.0 Å². The minimum atomic E-state index is -0.291. The molecule has 0 atom stereocenters. The SMILES string of the molecule is Cc1cc(OC2C(C)(C)C(NC(=O)c3cnc(C(C)C)cn3)C2(C)C)cc(C)c1C#N.[HH]. The summed E-state index contributed by atoms with van der Waals surface area (Å²) in [5.41, 5.74) is 3.09. The molecule has 1 N–H and O–H groups in total. The van der Waals surface area contributed by atoms with Gasteiger partial charge in [-0.15, -0.1) is 0 Å². The lowest BCUT2D eigenvalue weighted by atomic mass is 9.49. The number of ether oxygens (including phenoxy) is 1. The van der Waals surface area contributed by atoms with Crippen LogP contribution in [0, 0.1) is 36.0 Å². The third-order valence-electron chi connectivity index (χ3n) is 6.48. The first kappa shape index (κ1) is 22.7. The maximum atomic E-state index is 12.8. The van der Waals surface area contributed by atoms with Crippen molar-refractivity contribution in [3.8, 4) is 11.8 Å². The first-order chi connectivity index (χ1) is 14.4. The Morgan fingerprint density at radius 3 is 2.16 bits per heavy atom. The van der Waals surface area contributed by atoms with Crippen LogP contribution in [0.3, 0.4) is 0 Å². The average Bonchev–Trinajstić information content (AvgIpc) is 2.69. The van der Waals surface area contributed by atoms with Gasteiger partial charge in [-0.2, -0.15) is 5.26 Å². The molecule has 1 saturated carbocycles. The lowest BCUT2D eigenvalue weighted by Crippen LogP contribution is -2.74. The van der Waals surface area contributed by atoms with Crippen molar-refractivity contribution in [1.82, 2.24) is 15.3 Å². The zero-order valence-electron chi connectivity index (χ0n) is 19.7. The van der Waals surface area contributed by atoms with Gasteiger partial charge in [0.2, 0.25) is 0 Å². The fourth-order valence-corrected chi connectivity index (χ4v) is 5.06. The van der Waals surface area contributed by atoms with E-state index < -0.39 is 0 Å². The first-order valence-corrected chi connectivity index (χ1v) is 10.7. The molecule has 31 heavy (non-hydrogen) atoms. The summed E-state index contributed by atoms with van der Waals surface area (Å²) in [5.74, 6) is 0.791. The van der Waals surface area contributed by atoms with Gasteiger partial charge in [-0.25, -0.2) is 4.98 Å². The Hall–Kier alpha value is -2.94. The Morgan fingerprint density at radius 1 is 1.13 bits per heavy atom. The van der Waals surface area contributed by atoms with E-state index in [9.17, 15) is 10.1 Å². The molecule has 1 amide bonds. The number of nitrogens with zero attached hydrogens (tertiary/aromatic N) is 3. The highest BCUT2D eigenvalue weighted by Gasteiger charge is 2.64. The second-order valence-electron chi connectivity index (χ2n) is 10.1. The lowest BCUT2D eigenvalue weighted by Gasteiger charge is -2.63. The van der Waals surface area contributed by atoms with Crippen LogP contribution in [-0.2, 0) is 0 Å². The summed E-state index contributed by atoms with van der Waals surface area (Å²) < 4.78 is 6.41. The molecule has 0 bridgehead atoms. The number of nitriles is 1. The summed E-state index contributed by atoms with van der Waals surface area (Å²) in [6.45, 7) is 16.3. The fourth-order valence-electron chi connectivity index (χ4n) is 5.06. The van der Waals surface area contributed by atoms with Gasteiger partial charge in [0.25, 0.3) is 5.91 Å². The van der Waals surface area contributed by atoms with Crippen LogP contribution in [0.1, 0.15) is 81.8 Å². The number of aromatic nitrogens is 2. The minimum absolute atomic E-state index is 0. The van der Waals surface area contributed by atoms with Crippen LogP contribution < -0.4 is 10.1 Å². The molecule has 1 aromatic carbocycles. The van der Waals surface area contributed by atoms with Crippen molar-refractivity contribution in [3.63, 3.8) is 0 Å². The van der Waals surface area contributed by atoms with Crippen molar-refractivity contribution in [2.45, 2.75) is 73.5 Å². The van der Waals surface area contributed by atoms with Gasteiger partial charge < -0.3 is 10.1 Å². The number of hydrogen-bond acceptors (Lipinski definition) is 5. The van der Waals surface area contributed by atoms with Gasteiger partial charge in [-0.3, -0.25) is 9.78 Å². The first-order valence-electron chi connectivity index (χ1n) is 10.7. The summed E-state index contributed by atoms with van der Waals surface area (Å²) in [7, 11) is 0. The highest BCUT2D eigenvalue weighted by molar-refractivity contribution is 5.92. The zero-order valence-corrected chi connectivity index (χ0v) is 19.7. The standard InChI is InChI=1S/C25H32N4O2.H2/c1-14(2)19-12-28-20(13-27-19)21(30)29-22-24(5,6)23(25(22,7)8)31-17-9-15(3)18(11-26)16(4)10-17;/h9-10,12-14,22-23H,1-8H3,(H,29,30);1H. The maximum Gasteiger partial charge on any atom is 0.271 e. The third-order valence-corrected chi connectivity index (χ3v) is 6.48. The van der Waals surface area contributed by atoms with Gasteiger partial charge in [0.05, 0.1) is 23.5 Å². The number of amides is 1. The fraction of sp³-hybridized carbons (Fsp3) is 0.520. The van der Waals surface area contributed by atoms with Crippen LogP contribution in [0.15, 0.2) is 24.5 Å². The molecule has 1 aliphatic carbocycles. The molecular formula is C25H34N4O2. The summed E-state index contributed by atoms with van der Waals surface area (Å²) in [6, 6.07) is 5.98. The molecule has 0 spiro atoms. The molecule has 3 rings (SSSR count). The maximum absolute atomic E-state index is 12.8. The summed E-state index contributed by atoms with van der Waals surface area (Å²) >= 11 is 0. The number of benzene rings is 1. The van der Waals surface area contributed by atoms with Crippen LogP contribution >= 0.6 is 0 Å². The number of rotatable bonds is 5. The molecule has 6 nitrogen and oxygen atoms in total. The molecule has 1 fully saturated rings. The smallest absolute Gasteiger partial charge is 0.271 e. The molecule has 6 heteroatoms. The van der Waals surface area contributed by atoms with E-state index in [2.05, 4.69) is 49.0 Å². The average molecular weight is 423 g/mol. The molecule has 2 aromatic rings. The monoisotopic (exact) mass is 422 g/mol. The second-order valence-corrected chi connectivity index (χ2v) is 10.1. The second kappa shape index (κ2) is 7.96. The van der Waals surface area contributed by atoms with Crippen molar-refractivity contribution < 1.29 is 11.0 Å². The third kappa shape index (κ3) is 4.01. The normalized spacial score (nSPS) is 21.2. The van der Waals surface area contributed by atoms with Gasteiger partial charge in [0.15, 0.2) is 0 Å². The number of hydrogen-bond donors (Lipinski definition) is 1.